The summed E-state index contributed by atoms with van der Waals surface area (Å²) in [6.07, 6.45) is 1.84. The van der Waals surface area contributed by atoms with Crippen molar-refractivity contribution in [3.05, 3.63) is 34.3 Å². The molecule has 0 saturated heterocycles. The summed E-state index contributed by atoms with van der Waals surface area (Å²) in [5.74, 6) is 0.506. The van der Waals surface area contributed by atoms with E-state index in [1.165, 1.54) is 0 Å². The van der Waals surface area contributed by atoms with Gasteiger partial charge in [-0.2, -0.15) is 5.26 Å². The van der Waals surface area contributed by atoms with E-state index >= 15 is 0 Å². The Bertz CT molecular complexity index is 494. The van der Waals surface area contributed by atoms with E-state index in [0.29, 0.717) is 10.9 Å². The second-order valence-corrected chi connectivity index (χ2v) is 5.96. The summed E-state index contributed by atoms with van der Waals surface area (Å²) in [6.45, 7) is 4.06. The lowest BCUT2D eigenvalue weighted by Gasteiger charge is -2.28. The van der Waals surface area contributed by atoms with Crippen LogP contribution in [0.5, 0.6) is 0 Å². The molecule has 1 aliphatic rings. The molecule has 1 aliphatic carbocycles. The van der Waals surface area contributed by atoms with Crippen LogP contribution in [0.3, 0.4) is 0 Å². The van der Waals surface area contributed by atoms with Crippen LogP contribution >= 0.6 is 11.6 Å². The Labute approximate surface area is 113 Å². The number of nitriles is 1. The SMILES string of the molecule is Cc1cc(Cl)ccc1C(O)C1(C#N)CCC(C)C1. The Hall–Kier alpha value is -1.04. The molecule has 1 aromatic carbocycles. The molecule has 1 aromatic rings. The molecule has 0 aromatic heterocycles. The average molecular weight is 264 g/mol. The maximum atomic E-state index is 10.6. The number of benzene rings is 1. The van der Waals surface area contributed by atoms with Gasteiger partial charge in [0.15, 0.2) is 0 Å². The van der Waals surface area contributed by atoms with Gasteiger partial charge in [-0.05, 0) is 55.4 Å². The van der Waals surface area contributed by atoms with E-state index in [1.807, 2.05) is 19.1 Å². The molecule has 2 rings (SSSR count). The quantitative estimate of drug-likeness (QED) is 0.876. The van der Waals surface area contributed by atoms with Crippen LogP contribution < -0.4 is 0 Å². The average Bonchev–Trinajstić information content (AvgIpc) is 2.71. The number of hydrogen-bond acceptors (Lipinski definition) is 2. The highest BCUT2D eigenvalue weighted by Crippen LogP contribution is 2.50. The minimum Gasteiger partial charge on any atom is -0.387 e. The van der Waals surface area contributed by atoms with Crippen LogP contribution in [0.4, 0.5) is 0 Å². The van der Waals surface area contributed by atoms with Crippen molar-refractivity contribution < 1.29 is 5.11 Å². The van der Waals surface area contributed by atoms with E-state index in [2.05, 4.69) is 13.0 Å². The number of halogens is 1. The van der Waals surface area contributed by atoms with Crippen molar-refractivity contribution in [2.45, 2.75) is 39.2 Å². The van der Waals surface area contributed by atoms with Crippen LogP contribution in [0.2, 0.25) is 5.02 Å². The van der Waals surface area contributed by atoms with Crippen molar-refractivity contribution in [1.29, 1.82) is 5.26 Å². The Morgan fingerprint density at radius 3 is 2.78 bits per heavy atom. The Balaban J connectivity index is 2.36. The van der Waals surface area contributed by atoms with Crippen molar-refractivity contribution in [3.8, 4) is 6.07 Å². The van der Waals surface area contributed by atoms with Crippen LogP contribution in [0.25, 0.3) is 0 Å². The summed E-state index contributed by atoms with van der Waals surface area (Å²) < 4.78 is 0. The molecule has 0 radical (unpaired) electrons. The molecular formula is C15H18ClNO. The van der Waals surface area contributed by atoms with Gasteiger partial charge in [-0.3, -0.25) is 0 Å². The smallest absolute Gasteiger partial charge is 0.0978 e. The molecular weight excluding hydrogens is 246 g/mol. The number of nitrogens with zero attached hydrogens (tertiary/aromatic N) is 1. The van der Waals surface area contributed by atoms with Gasteiger partial charge in [0.05, 0.1) is 17.6 Å². The van der Waals surface area contributed by atoms with Crippen molar-refractivity contribution in [2.24, 2.45) is 11.3 Å². The summed E-state index contributed by atoms with van der Waals surface area (Å²) >= 11 is 5.93. The first-order valence-electron chi connectivity index (χ1n) is 6.34. The summed E-state index contributed by atoms with van der Waals surface area (Å²) in [5, 5.41) is 20.7. The molecule has 96 valence electrons. The zero-order chi connectivity index (χ0) is 13.3. The third-order valence-corrected chi connectivity index (χ3v) is 4.30. The largest absolute Gasteiger partial charge is 0.387 e. The topological polar surface area (TPSA) is 44.0 Å². The third kappa shape index (κ3) is 2.25. The summed E-state index contributed by atoms with van der Waals surface area (Å²) in [5.41, 5.74) is 1.15. The standard InChI is InChI=1S/C15H18ClNO/c1-10-5-6-15(8-10,9-17)14(18)13-4-3-12(16)7-11(13)2/h3-4,7,10,14,18H,5-6,8H2,1-2H3. The van der Waals surface area contributed by atoms with Gasteiger partial charge in [0, 0.05) is 5.02 Å². The fourth-order valence-corrected chi connectivity index (χ4v) is 3.21. The third-order valence-electron chi connectivity index (χ3n) is 4.07. The molecule has 18 heavy (non-hydrogen) atoms. The zero-order valence-electron chi connectivity index (χ0n) is 10.8. The minimum atomic E-state index is -0.718. The van der Waals surface area contributed by atoms with Gasteiger partial charge in [0.25, 0.3) is 0 Å². The van der Waals surface area contributed by atoms with Crippen LogP contribution in [0.1, 0.15) is 43.4 Å². The van der Waals surface area contributed by atoms with Crippen molar-refractivity contribution in [3.63, 3.8) is 0 Å². The molecule has 3 heteroatoms. The number of aliphatic hydroxyl groups excluding tert-OH is 1. The molecule has 1 fully saturated rings. The first-order valence-corrected chi connectivity index (χ1v) is 6.72. The highest BCUT2D eigenvalue weighted by molar-refractivity contribution is 6.30. The van der Waals surface area contributed by atoms with Crippen LogP contribution in [0, 0.1) is 29.6 Å². The van der Waals surface area contributed by atoms with Crippen LogP contribution in [0.15, 0.2) is 18.2 Å². The normalized spacial score (nSPS) is 28.9. The van der Waals surface area contributed by atoms with Crippen LogP contribution in [-0.4, -0.2) is 5.11 Å². The van der Waals surface area contributed by atoms with Gasteiger partial charge in [0.1, 0.15) is 0 Å². The second-order valence-electron chi connectivity index (χ2n) is 5.52. The summed E-state index contributed by atoms with van der Waals surface area (Å²) in [7, 11) is 0. The molecule has 0 aliphatic heterocycles. The fourth-order valence-electron chi connectivity index (χ4n) is 2.98. The second kappa shape index (κ2) is 4.91. The first-order chi connectivity index (χ1) is 8.48. The minimum absolute atomic E-state index is 0.506. The molecule has 0 bridgehead atoms. The molecule has 0 amide bonds. The number of aliphatic hydroxyl groups is 1. The number of aryl methyl sites for hydroxylation is 1. The maximum Gasteiger partial charge on any atom is 0.0978 e. The van der Waals surface area contributed by atoms with E-state index < -0.39 is 11.5 Å². The van der Waals surface area contributed by atoms with Crippen molar-refractivity contribution in [1.82, 2.24) is 0 Å². The number of rotatable bonds is 2. The zero-order valence-corrected chi connectivity index (χ0v) is 11.5. The predicted octanol–water partition coefficient (Wildman–Crippen LogP) is 4.01. The van der Waals surface area contributed by atoms with Gasteiger partial charge in [-0.15, -0.1) is 0 Å². The predicted molar refractivity (Wildman–Crippen MR) is 72.2 cm³/mol. The fraction of sp³-hybridized carbons (Fsp3) is 0.533. The highest BCUT2D eigenvalue weighted by Gasteiger charge is 2.44. The van der Waals surface area contributed by atoms with E-state index in [4.69, 9.17) is 11.6 Å². The Morgan fingerprint density at radius 1 is 1.56 bits per heavy atom. The lowest BCUT2D eigenvalue weighted by Crippen LogP contribution is -2.25. The summed E-state index contributed by atoms with van der Waals surface area (Å²) in [4.78, 5) is 0. The first kappa shape index (κ1) is 13.4. The Morgan fingerprint density at radius 2 is 2.28 bits per heavy atom. The molecule has 3 atom stereocenters. The highest BCUT2D eigenvalue weighted by atomic mass is 35.5. The molecule has 0 heterocycles. The lowest BCUT2D eigenvalue weighted by atomic mass is 9.77. The van der Waals surface area contributed by atoms with E-state index in [1.54, 1.807) is 6.07 Å². The van der Waals surface area contributed by atoms with Gasteiger partial charge < -0.3 is 5.11 Å². The van der Waals surface area contributed by atoms with E-state index in [0.717, 1.165) is 30.4 Å². The van der Waals surface area contributed by atoms with E-state index in [9.17, 15) is 10.4 Å². The maximum absolute atomic E-state index is 10.6. The molecule has 1 saturated carbocycles. The molecule has 1 N–H and O–H groups in total. The monoisotopic (exact) mass is 263 g/mol. The van der Waals surface area contributed by atoms with Crippen molar-refractivity contribution in [2.75, 3.05) is 0 Å². The van der Waals surface area contributed by atoms with Gasteiger partial charge in [-0.1, -0.05) is 24.6 Å². The molecule has 2 nitrogen and oxygen atoms in total. The summed E-state index contributed by atoms with van der Waals surface area (Å²) in [6, 6.07) is 7.81. The number of hydrogen-bond donors (Lipinski definition) is 1. The van der Waals surface area contributed by atoms with Crippen molar-refractivity contribution >= 4 is 11.6 Å². The van der Waals surface area contributed by atoms with Gasteiger partial charge in [0.2, 0.25) is 0 Å². The molecule has 0 spiro atoms. The lowest BCUT2D eigenvalue weighted by molar-refractivity contribution is 0.0642. The van der Waals surface area contributed by atoms with Gasteiger partial charge >= 0.3 is 0 Å². The van der Waals surface area contributed by atoms with Crippen LogP contribution in [-0.2, 0) is 0 Å². The molecule has 3 unspecified atom stereocenters. The van der Waals surface area contributed by atoms with E-state index in [-0.39, 0.29) is 0 Å². The van der Waals surface area contributed by atoms with Gasteiger partial charge in [-0.25, -0.2) is 0 Å². The Kier molecular flexibility index (Phi) is 3.66.